The van der Waals surface area contributed by atoms with E-state index in [2.05, 4.69) is 17.9 Å². The first-order valence-corrected chi connectivity index (χ1v) is 13.2. The van der Waals surface area contributed by atoms with Crippen molar-refractivity contribution in [3.8, 4) is 5.75 Å². The van der Waals surface area contributed by atoms with Crippen LogP contribution in [-0.2, 0) is 6.42 Å². The minimum absolute atomic E-state index is 0. The van der Waals surface area contributed by atoms with Crippen LogP contribution in [0.2, 0.25) is 0 Å². The van der Waals surface area contributed by atoms with Crippen LogP contribution >= 0.6 is 12.4 Å². The molecule has 0 N–H and O–H groups in total. The van der Waals surface area contributed by atoms with Crippen molar-refractivity contribution in [2.24, 2.45) is 5.92 Å². The molecular weight excluding hydrogens is 456 g/mol. The fraction of sp³-hybridized carbons (Fsp3) is 0.500. The summed E-state index contributed by atoms with van der Waals surface area (Å²) in [6.07, 6.45) is 12.0. The maximum absolute atomic E-state index is 13.5. The Morgan fingerprint density at radius 2 is 1.71 bits per heavy atom. The number of hydrogen-bond acceptors (Lipinski definition) is 3. The second-order valence-corrected chi connectivity index (χ2v) is 10.2. The Balaban J connectivity index is 0.00000289. The van der Waals surface area contributed by atoms with Crippen LogP contribution in [0.15, 0.2) is 48.5 Å². The maximum atomic E-state index is 13.5. The molecule has 0 amide bonds. The molecule has 1 saturated carbocycles. The Labute approximate surface area is 216 Å². The fourth-order valence-corrected chi connectivity index (χ4v) is 6.48. The molecule has 2 aromatic carbocycles. The first-order valence-electron chi connectivity index (χ1n) is 13.2. The lowest BCUT2D eigenvalue weighted by molar-refractivity contribution is 0.0824. The molecule has 1 atom stereocenters. The van der Waals surface area contributed by atoms with Gasteiger partial charge in [0.2, 0.25) is 0 Å². The van der Waals surface area contributed by atoms with E-state index >= 15 is 0 Å². The third-order valence-electron chi connectivity index (χ3n) is 8.27. The van der Waals surface area contributed by atoms with Crippen molar-refractivity contribution in [3.05, 3.63) is 65.4 Å². The first-order chi connectivity index (χ1) is 16.7. The highest BCUT2D eigenvalue weighted by Gasteiger charge is 2.31. The van der Waals surface area contributed by atoms with Crippen molar-refractivity contribution in [1.82, 2.24) is 9.47 Å². The number of hydrogen-bond donors (Lipinski definition) is 0. The SMILES string of the molecule is COc1ccc2c(c1)c(CCN1CCCCC1C1CCCCC1)c(C)n2C(=O)c1ccccc1.Cl. The van der Waals surface area contributed by atoms with E-state index in [4.69, 9.17) is 4.74 Å². The zero-order valence-electron chi connectivity index (χ0n) is 21.2. The smallest absolute Gasteiger partial charge is 0.262 e. The lowest BCUT2D eigenvalue weighted by Crippen LogP contribution is -2.45. The summed E-state index contributed by atoms with van der Waals surface area (Å²) in [5.74, 6) is 1.75. The van der Waals surface area contributed by atoms with Crippen molar-refractivity contribution < 1.29 is 9.53 Å². The topological polar surface area (TPSA) is 34.5 Å². The van der Waals surface area contributed by atoms with E-state index in [0.717, 1.165) is 52.8 Å². The minimum atomic E-state index is 0. The number of halogens is 1. The molecule has 0 bridgehead atoms. The number of methoxy groups -OCH3 is 1. The summed E-state index contributed by atoms with van der Waals surface area (Å²) >= 11 is 0. The Kier molecular flexibility index (Phi) is 8.56. The van der Waals surface area contributed by atoms with Gasteiger partial charge < -0.3 is 4.74 Å². The van der Waals surface area contributed by atoms with Gasteiger partial charge in [0.25, 0.3) is 5.91 Å². The molecule has 1 aliphatic heterocycles. The van der Waals surface area contributed by atoms with E-state index in [1.54, 1.807) is 7.11 Å². The molecule has 5 rings (SSSR count). The lowest BCUT2D eigenvalue weighted by atomic mass is 9.80. The van der Waals surface area contributed by atoms with Gasteiger partial charge in [-0.25, -0.2) is 0 Å². The summed E-state index contributed by atoms with van der Waals surface area (Å²) in [7, 11) is 1.71. The van der Waals surface area contributed by atoms with Gasteiger partial charge in [0, 0.05) is 29.2 Å². The Hall–Kier alpha value is -2.30. The molecular formula is C30H39ClN2O2. The van der Waals surface area contributed by atoms with Crippen LogP contribution in [0.1, 0.15) is 73.0 Å². The summed E-state index contributed by atoms with van der Waals surface area (Å²) in [5, 5.41) is 1.15. The van der Waals surface area contributed by atoms with Gasteiger partial charge in [-0.2, -0.15) is 0 Å². The highest BCUT2D eigenvalue weighted by molar-refractivity contribution is 6.04. The molecule has 2 heterocycles. The summed E-state index contributed by atoms with van der Waals surface area (Å²) in [5.41, 5.74) is 4.04. The van der Waals surface area contributed by atoms with Crippen LogP contribution in [-0.4, -0.2) is 41.6 Å². The predicted octanol–water partition coefficient (Wildman–Crippen LogP) is 7.05. The quantitative estimate of drug-likeness (QED) is 0.368. The largest absolute Gasteiger partial charge is 0.497 e. The molecule has 1 saturated heterocycles. The minimum Gasteiger partial charge on any atom is -0.497 e. The average Bonchev–Trinajstić information content (AvgIpc) is 3.18. The molecule has 1 aliphatic carbocycles. The Bertz CT molecular complexity index is 1130. The third-order valence-corrected chi connectivity index (χ3v) is 8.27. The predicted molar refractivity (Wildman–Crippen MR) is 146 cm³/mol. The number of ether oxygens (including phenoxy) is 1. The van der Waals surface area contributed by atoms with Crippen molar-refractivity contribution in [3.63, 3.8) is 0 Å². The van der Waals surface area contributed by atoms with Crippen molar-refractivity contribution in [2.75, 3.05) is 20.2 Å². The van der Waals surface area contributed by atoms with E-state index in [-0.39, 0.29) is 18.3 Å². The van der Waals surface area contributed by atoms with E-state index in [1.165, 1.54) is 63.5 Å². The molecule has 0 spiro atoms. The van der Waals surface area contributed by atoms with Gasteiger partial charge in [-0.3, -0.25) is 14.3 Å². The lowest BCUT2D eigenvalue weighted by Gasteiger charge is -2.42. The summed E-state index contributed by atoms with van der Waals surface area (Å²) in [6.45, 7) is 4.39. The van der Waals surface area contributed by atoms with Gasteiger partial charge in [-0.05, 0) is 87.4 Å². The normalized spacial score (nSPS) is 19.4. The van der Waals surface area contributed by atoms with Crippen molar-refractivity contribution in [1.29, 1.82) is 0 Å². The Morgan fingerprint density at radius 3 is 2.46 bits per heavy atom. The number of benzene rings is 2. The number of carbonyl (C=O) groups excluding carboxylic acids is 1. The van der Waals surface area contributed by atoms with Crippen LogP contribution in [0.3, 0.4) is 0 Å². The summed E-state index contributed by atoms with van der Waals surface area (Å²) in [4.78, 5) is 16.3. The molecule has 188 valence electrons. The van der Waals surface area contributed by atoms with Crippen LogP contribution in [0.5, 0.6) is 5.75 Å². The van der Waals surface area contributed by atoms with Crippen molar-refractivity contribution in [2.45, 2.75) is 70.8 Å². The van der Waals surface area contributed by atoms with E-state index in [9.17, 15) is 4.79 Å². The zero-order chi connectivity index (χ0) is 23.5. The number of fused-ring (bicyclic) bond motifs is 1. The van der Waals surface area contributed by atoms with Gasteiger partial charge in [-0.1, -0.05) is 43.9 Å². The summed E-state index contributed by atoms with van der Waals surface area (Å²) < 4.78 is 7.47. The van der Waals surface area contributed by atoms with Gasteiger partial charge in [0.1, 0.15) is 5.75 Å². The fourth-order valence-electron chi connectivity index (χ4n) is 6.48. The molecule has 1 unspecified atom stereocenters. The highest BCUT2D eigenvalue weighted by atomic mass is 35.5. The monoisotopic (exact) mass is 494 g/mol. The second kappa shape index (κ2) is 11.6. The third kappa shape index (κ3) is 5.29. The first kappa shape index (κ1) is 25.8. The van der Waals surface area contributed by atoms with Crippen molar-refractivity contribution >= 4 is 29.2 Å². The molecule has 0 radical (unpaired) electrons. The number of nitrogens with zero attached hydrogens (tertiary/aromatic N) is 2. The molecule has 3 aromatic rings. The standard InChI is InChI=1S/C30H38N2O2.ClH/c1-22-26(18-20-31-19-10-9-15-28(31)23-11-5-3-6-12-23)27-21-25(34-2)16-17-29(27)32(22)30(33)24-13-7-4-8-14-24;/h4,7-8,13-14,16-17,21,23,28H,3,5-6,9-12,15,18-20H2,1-2H3;1H. The Morgan fingerprint density at radius 1 is 0.971 bits per heavy atom. The molecule has 1 aromatic heterocycles. The highest BCUT2D eigenvalue weighted by Crippen LogP contribution is 2.35. The molecule has 35 heavy (non-hydrogen) atoms. The summed E-state index contributed by atoms with van der Waals surface area (Å²) in [6, 6.07) is 16.5. The number of carbonyl (C=O) groups is 1. The number of rotatable bonds is 6. The van der Waals surface area contributed by atoms with Gasteiger partial charge in [-0.15, -0.1) is 12.4 Å². The molecule has 4 nitrogen and oxygen atoms in total. The van der Waals surface area contributed by atoms with Crippen LogP contribution in [0.25, 0.3) is 10.9 Å². The van der Waals surface area contributed by atoms with Crippen LogP contribution in [0, 0.1) is 12.8 Å². The molecule has 5 heteroatoms. The number of aromatic nitrogens is 1. The number of piperidine rings is 1. The molecule has 2 fully saturated rings. The van der Waals surface area contributed by atoms with Gasteiger partial charge in [0.05, 0.1) is 12.6 Å². The van der Waals surface area contributed by atoms with Gasteiger partial charge >= 0.3 is 0 Å². The van der Waals surface area contributed by atoms with E-state index < -0.39 is 0 Å². The number of likely N-dealkylation sites (tertiary alicyclic amines) is 1. The van der Waals surface area contributed by atoms with Gasteiger partial charge in [0.15, 0.2) is 0 Å². The maximum Gasteiger partial charge on any atom is 0.262 e. The average molecular weight is 495 g/mol. The van der Waals surface area contributed by atoms with E-state index in [0.29, 0.717) is 0 Å². The second-order valence-electron chi connectivity index (χ2n) is 10.2. The van der Waals surface area contributed by atoms with Crippen LogP contribution < -0.4 is 4.74 Å². The molecule has 2 aliphatic rings. The zero-order valence-corrected chi connectivity index (χ0v) is 22.0. The van der Waals surface area contributed by atoms with Crippen LogP contribution in [0.4, 0.5) is 0 Å². The van der Waals surface area contributed by atoms with E-state index in [1.807, 2.05) is 47.0 Å².